The van der Waals surface area contributed by atoms with E-state index in [1.807, 2.05) is 72.8 Å². The smallest absolute Gasteiger partial charge is 0.161 e. The van der Waals surface area contributed by atoms with E-state index in [-0.39, 0.29) is 17.3 Å². The van der Waals surface area contributed by atoms with Crippen molar-refractivity contribution in [1.29, 1.82) is 5.26 Å². The van der Waals surface area contributed by atoms with Gasteiger partial charge in [0.15, 0.2) is 5.82 Å². The number of fused-ring (bicyclic) bond motifs is 9. The molecule has 0 radical (unpaired) electrons. The second-order valence-electron chi connectivity index (χ2n) is 16.4. The number of nitrogens with zero attached hydrogens (tertiary/aromatic N) is 3. The van der Waals surface area contributed by atoms with Gasteiger partial charge in [-0.15, -0.1) is 0 Å². The zero-order valence-electron chi connectivity index (χ0n) is 32.6. The molecule has 0 amide bonds. The molecule has 11 rings (SSSR count). The van der Waals surface area contributed by atoms with Crippen molar-refractivity contribution in [3.05, 3.63) is 191 Å². The van der Waals surface area contributed by atoms with E-state index in [0.29, 0.717) is 22.8 Å². The average Bonchev–Trinajstić information content (AvgIpc) is 3.76. The fourth-order valence-electron chi connectivity index (χ4n) is 9.90. The highest BCUT2D eigenvalue weighted by molar-refractivity contribution is 6.12. The highest BCUT2D eigenvalue weighted by Crippen LogP contribution is 2.54. The van der Waals surface area contributed by atoms with E-state index in [1.54, 1.807) is 0 Å². The van der Waals surface area contributed by atoms with Gasteiger partial charge >= 0.3 is 0 Å². The minimum Gasteiger partial charge on any atom is -0.456 e. The summed E-state index contributed by atoms with van der Waals surface area (Å²) in [5.74, 6) is 1.06. The molecule has 58 heavy (non-hydrogen) atoms. The van der Waals surface area contributed by atoms with Gasteiger partial charge in [-0.05, 0) is 86.5 Å². The van der Waals surface area contributed by atoms with Crippen LogP contribution in [0.5, 0.6) is 0 Å². The lowest BCUT2D eigenvalue weighted by atomic mass is 9.70. The monoisotopic (exact) mass is 745 g/mol. The maximum absolute atomic E-state index is 10.5. The predicted molar refractivity (Wildman–Crippen MR) is 235 cm³/mol. The van der Waals surface area contributed by atoms with E-state index in [1.165, 1.54) is 50.1 Å². The lowest BCUT2D eigenvalue weighted by Gasteiger charge is -2.34. The quantitative estimate of drug-likeness (QED) is 0.176. The summed E-state index contributed by atoms with van der Waals surface area (Å²) in [5, 5.41) is 12.5. The van der Waals surface area contributed by atoms with Gasteiger partial charge in [0.05, 0.1) is 11.4 Å². The third-order valence-electron chi connectivity index (χ3n) is 12.9. The summed E-state index contributed by atoms with van der Waals surface area (Å²) in [6, 6.07) is 58.0. The Hall–Kier alpha value is -7.09. The Morgan fingerprint density at radius 2 is 1.28 bits per heavy atom. The highest BCUT2D eigenvalue weighted by atomic mass is 16.3. The van der Waals surface area contributed by atoms with Gasteiger partial charge in [-0.25, -0.2) is 9.97 Å². The Morgan fingerprint density at radius 3 is 2.00 bits per heavy atom. The topological polar surface area (TPSA) is 62.7 Å². The molecule has 7 aromatic carbocycles. The molecular weight excluding hydrogens is 707 g/mol. The van der Waals surface area contributed by atoms with Crippen molar-refractivity contribution < 1.29 is 4.42 Å². The van der Waals surface area contributed by atoms with Gasteiger partial charge in [0.1, 0.15) is 22.8 Å². The second kappa shape index (κ2) is 13.0. The molecule has 0 spiro atoms. The summed E-state index contributed by atoms with van der Waals surface area (Å²) >= 11 is 0. The van der Waals surface area contributed by atoms with Gasteiger partial charge < -0.3 is 4.42 Å². The number of nitriles is 1. The van der Waals surface area contributed by atoms with Gasteiger partial charge in [0.25, 0.3) is 0 Å². The number of furan rings is 1. The first-order chi connectivity index (χ1) is 28.4. The Kier molecular flexibility index (Phi) is 7.65. The molecule has 4 heteroatoms. The molecular formula is C54H39N3O. The van der Waals surface area contributed by atoms with Crippen LogP contribution in [0.4, 0.5) is 0 Å². The zero-order chi connectivity index (χ0) is 39.1. The van der Waals surface area contributed by atoms with Gasteiger partial charge in [0, 0.05) is 32.9 Å². The van der Waals surface area contributed by atoms with E-state index >= 15 is 0 Å². The third kappa shape index (κ3) is 5.13. The van der Waals surface area contributed by atoms with E-state index < -0.39 is 0 Å². The molecule has 276 valence electrons. The highest BCUT2D eigenvalue weighted by Gasteiger charge is 2.39. The van der Waals surface area contributed by atoms with Crippen LogP contribution in [0.25, 0.3) is 78.1 Å². The van der Waals surface area contributed by atoms with E-state index in [0.717, 1.165) is 45.0 Å². The zero-order valence-corrected chi connectivity index (χ0v) is 32.6. The van der Waals surface area contributed by atoms with Gasteiger partial charge in [-0.2, -0.15) is 5.26 Å². The van der Waals surface area contributed by atoms with Crippen molar-refractivity contribution in [3.8, 4) is 62.2 Å². The van der Waals surface area contributed by atoms with Crippen LogP contribution in [0.1, 0.15) is 66.0 Å². The van der Waals surface area contributed by atoms with Crippen LogP contribution in [0.3, 0.4) is 0 Å². The molecule has 2 aliphatic rings. The van der Waals surface area contributed by atoms with E-state index in [4.69, 9.17) is 14.4 Å². The minimum atomic E-state index is -0.0705. The largest absolute Gasteiger partial charge is 0.456 e. The fourth-order valence-corrected chi connectivity index (χ4v) is 9.90. The number of hydrogen-bond donors (Lipinski definition) is 0. The molecule has 4 nitrogen and oxygen atoms in total. The summed E-state index contributed by atoms with van der Waals surface area (Å²) in [6.07, 6.45) is 0.975. The number of benzene rings is 7. The molecule has 0 N–H and O–H groups in total. The number of hydrogen-bond acceptors (Lipinski definition) is 4. The van der Waals surface area contributed by atoms with Crippen LogP contribution in [-0.2, 0) is 11.8 Å². The average molecular weight is 746 g/mol. The second-order valence-corrected chi connectivity index (χ2v) is 16.4. The van der Waals surface area contributed by atoms with E-state index in [9.17, 15) is 5.26 Å². The molecule has 0 aliphatic heterocycles. The summed E-state index contributed by atoms with van der Waals surface area (Å²) < 4.78 is 6.71. The maximum atomic E-state index is 10.5. The van der Waals surface area contributed by atoms with Crippen LogP contribution in [0.15, 0.2) is 162 Å². The molecule has 2 aliphatic carbocycles. The molecule has 0 saturated carbocycles. The lowest BCUT2D eigenvalue weighted by molar-refractivity contribution is 0.564. The van der Waals surface area contributed by atoms with Crippen molar-refractivity contribution in [2.75, 3.05) is 0 Å². The summed E-state index contributed by atoms with van der Waals surface area (Å²) in [6.45, 7) is 7.12. The molecule has 2 atom stereocenters. The Morgan fingerprint density at radius 1 is 0.621 bits per heavy atom. The standard InChI is InChI=1S/C54H39N3O/c1-32(41-27-36-19-10-11-20-37(36)42-29-44-38-21-12-13-23-46(38)54(2,3)47(44)30-43(41)42)35-25-26-39-49(28-35)58-48-24-14-22-40(50(39)48)53-56-51(33-15-6-4-7-16-33)45(31-55)52(57-53)34-17-8-5-9-18-34/h4-26,28-30,32,41H,27H2,1-3H3. The fraction of sp³-hybridized carbons (Fsp3) is 0.130. The maximum Gasteiger partial charge on any atom is 0.161 e. The van der Waals surface area contributed by atoms with Crippen LogP contribution >= 0.6 is 0 Å². The Bertz CT molecular complexity index is 3090. The predicted octanol–water partition coefficient (Wildman–Crippen LogP) is 13.7. The lowest BCUT2D eigenvalue weighted by Crippen LogP contribution is -2.20. The van der Waals surface area contributed by atoms with Gasteiger partial charge in [0.2, 0.25) is 0 Å². The SMILES string of the molecule is CC(c1ccc2c(c1)oc1cccc(-c3nc(-c4ccccc4)c(C#N)c(-c4ccccc4)n3)c12)C1Cc2ccccc2-c2cc3c(cc21)C(C)(C)c1ccccc1-3. The normalized spacial score (nSPS) is 15.3. The van der Waals surface area contributed by atoms with Crippen molar-refractivity contribution >= 4 is 21.9 Å². The van der Waals surface area contributed by atoms with Crippen LogP contribution in [-0.4, -0.2) is 9.97 Å². The summed E-state index contributed by atoms with van der Waals surface area (Å²) in [4.78, 5) is 10.3. The third-order valence-corrected chi connectivity index (χ3v) is 12.9. The Labute approximate surface area is 338 Å². The summed E-state index contributed by atoms with van der Waals surface area (Å²) in [7, 11) is 0. The first-order valence-corrected chi connectivity index (χ1v) is 20.1. The van der Waals surface area contributed by atoms with Crippen molar-refractivity contribution in [3.63, 3.8) is 0 Å². The first kappa shape index (κ1) is 34.2. The molecule has 2 aromatic heterocycles. The molecule has 2 unspecified atom stereocenters. The molecule has 0 saturated heterocycles. The van der Waals surface area contributed by atoms with E-state index in [2.05, 4.69) is 112 Å². The molecule has 2 heterocycles. The number of aromatic nitrogens is 2. The van der Waals surface area contributed by atoms with Crippen LogP contribution in [0, 0.1) is 11.3 Å². The van der Waals surface area contributed by atoms with Crippen molar-refractivity contribution in [1.82, 2.24) is 9.97 Å². The molecule has 0 fully saturated rings. The van der Waals surface area contributed by atoms with Gasteiger partial charge in [-0.3, -0.25) is 0 Å². The van der Waals surface area contributed by atoms with Crippen LogP contribution in [0.2, 0.25) is 0 Å². The van der Waals surface area contributed by atoms with Crippen LogP contribution < -0.4 is 0 Å². The van der Waals surface area contributed by atoms with Crippen molar-refractivity contribution in [2.45, 2.75) is 44.4 Å². The Balaban J connectivity index is 1.04. The van der Waals surface area contributed by atoms with Gasteiger partial charge in [-0.1, -0.05) is 160 Å². The summed E-state index contributed by atoms with van der Waals surface area (Å²) in [5.41, 5.74) is 18.1. The molecule has 0 bridgehead atoms. The number of rotatable bonds is 5. The first-order valence-electron chi connectivity index (χ1n) is 20.1. The van der Waals surface area contributed by atoms with Crippen molar-refractivity contribution in [2.24, 2.45) is 0 Å². The minimum absolute atomic E-state index is 0.0705. The molecule has 9 aromatic rings.